The number of carbonyl (C=O) groups excluding carboxylic acids is 1. The number of aromatic nitrogens is 2. The van der Waals surface area contributed by atoms with Crippen LogP contribution >= 0.6 is 0 Å². The molecule has 0 saturated heterocycles. The predicted molar refractivity (Wildman–Crippen MR) is 95.4 cm³/mol. The zero-order valence-electron chi connectivity index (χ0n) is 14.2. The summed E-state index contributed by atoms with van der Waals surface area (Å²) in [6.07, 6.45) is 4.17. The first-order chi connectivity index (χ1) is 11.5. The number of anilines is 1. The van der Waals surface area contributed by atoms with E-state index in [1.807, 2.05) is 42.2 Å². The highest BCUT2D eigenvalue weighted by Gasteiger charge is 2.27. The molecule has 124 valence electrons. The number of hydrogen-bond acceptors (Lipinski definition) is 4. The number of nitrogens with zero attached hydrogens (tertiary/aromatic N) is 3. The van der Waals surface area contributed by atoms with Crippen LogP contribution in [-0.2, 0) is 0 Å². The van der Waals surface area contributed by atoms with Crippen LogP contribution in [0.3, 0.4) is 0 Å². The predicted octanol–water partition coefficient (Wildman–Crippen LogP) is 3.07. The molecule has 0 radical (unpaired) electrons. The lowest BCUT2D eigenvalue weighted by atomic mass is 10.0. The van der Waals surface area contributed by atoms with Gasteiger partial charge in [0.25, 0.3) is 5.91 Å². The molecule has 0 unspecified atom stereocenters. The van der Waals surface area contributed by atoms with Gasteiger partial charge in [0.2, 0.25) is 5.95 Å². The van der Waals surface area contributed by atoms with E-state index in [9.17, 15) is 4.79 Å². The fraction of sp³-hybridized carbons (Fsp3) is 0.316. The highest BCUT2D eigenvalue weighted by molar-refractivity contribution is 5.96. The van der Waals surface area contributed by atoms with E-state index >= 15 is 0 Å². The SMILES string of the molecule is Cc1cc(-c2cccc(C(=O)N3CC=C[C@H]3C(C)C)c2)nc(N)n1. The first kappa shape index (κ1) is 16.2. The lowest BCUT2D eigenvalue weighted by Crippen LogP contribution is -2.39. The van der Waals surface area contributed by atoms with E-state index in [0.29, 0.717) is 18.0 Å². The largest absolute Gasteiger partial charge is 0.368 e. The molecule has 1 atom stereocenters. The highest BCUT2D eigenvalue weighted by atomic mass is 16.2. The molecular formula is C19H22N4O. The summed E-state index contributed by atoms with van der Waals surface area (Å²) in [7, 11) is 0. The Morgan fingerprint density at radius 2 is 2.08 bits per heavy atom. The van der Waals surface area contributed by atoms with Gasteiger partial charge in [-0.3, -0.25) is 4.79 Å². The molecule has 5 nitrogen and oxygen atoms in total. The smallest absolute Gasteiger partial charge is 0.254 e. The monoisotopic (exact) mass is 322 g/mol. The van der Waals surface area contributed by atoms with Gasteiger partial charge in [-0.05, 0) is 31.0 Å². The molecule has 24 heavy (non-hydrogen) atoms. The summed E-state index contributed by atoms with van der Waals surface area (Å²) < 4.78 is 0. The van der Waals surface area contributed by atoms with Crippen molar-refractivity contribution >= 4 is 11.9 Å². The molecule has 5 heteroatoms. The molecule has 0 spiro atoms. The van der Waals surface area contributed by atoms with E-state index < -0.39 is 0 Å². The molecule has 0 saturated carbocycles. The van der Waals surface area contributed by atoms with Crippen LogP contribution in [0.5, 0.6) is 0 Å². The van der Waals surface area contributed by atoms with Crippen LogP contribution in [0, 0.1) is 12.8 Å². The Morgan fingerprint density at radius 1 is 1.29 bits per heavy atom. The number of nitrogens with two attached hydrogens (primary N) is 1. The lowest BCUT2D eigenvalue weighted by Gasteiger charge is -2.27. The van der Waals surface area contributed by atoms with Crippen LogP contribution in [0.4, 0.5) is 5.95 Å². The van der Waals surface area contributed by atoms with Crippen molar-refractivity contribution in [1.82, 2.24) is 14.9 Å². The van der Waals surface area contributed by atoms with Crippen LogP contribution in [0.25, 0.3) is 11.3 Å². The maximum Gasteiger partial charge on any atom is 0.254 e. The minimum atomic E-state index is 0.0410. The molecule has 2 heterocycles. The average molecular weight is 322 g/mol. The minimum absolute atomic E-state index is 0.0410. The molecule has 0 bridgehead atoms. The van der Waals surface area contributed by atoms with Crippen LogP contribution in [0.1, 0.15) is 29.9 Å². The summed E-state index contributed by atoms with van der Waals surface area (Å²) >= 11 is 0. The Labute approximate surface area is 142 Å². The van der Waals surface area contributed by atoms with Crippen LogP contribution in [-0.4, -0.2) is 33.4 Å². The molecule has 0 fully saturated rings. The Hall–Kier alpha value is -2.69. The van der Waals surface area contributed by atoms with E-state index in [1.54, 1.807) is 0 Å². The number of benzene rings is 1. The third-order valence-corrected chi connectivity index (χ3v) is 4.22. The number of aryl methyl sites for hydroxylation is 1. The summed E-state index contributed by atoms with van der Waals surface area (Å²) in [5, 5.41) is 0. The lowest BCUT2D eigenvalue weighted by molar-refractivity contribution is 0.0720. The average Bonchev–Trinajstić information content (AvgIpc) is 3.03. The molecule has 1 amide bonds. The van der Waals surface area contributed by atoms with Crippen molar-refractivity contribution in [1.29, 1.82) is 0 Å². The third-order valence-electron chi connectivity index (χ3n) is 4.22. The molecular weight excluding hydrogens is 300 g/mol. The summed E-state index contributed by atoms with van der Waals surface area (Å²) in [4.78, 5) is 23.2. The number of rotatable bonds is 3. The van der Waals surface area contributed by atoms with Crippen LogP contribution in [0.15, 0.2) is 42.5 Å². The molecule has 3 rings (SSSR count). The normalized spacial score (nSPS) is 16.8. The van der Waals surface area contributed by atoms with Crippen molar-refractivity contribution in [3.8, 4) is 11.3 Å². The summed E-state index contributed by atoms with van der Waals surface area (Å²) in [6, 6.07) is 9.55. The molecule has 2 N–H and O–H groups in total. The van der Waals surface area contributed by atoms with Gasteiger partial charge in [0, 0.05) is 23.4 Å². The van der Waals surface area contributed by atoms with Crippen molar-refractivity contribution in [2.24, 2.45) is 5.92 Å². The first-order valence-corrected chi connectivity index (χ1v) is 8.15. The summed E-state index contributed by atoms with van der Waals surface area (Å²) in [5.74, 6) is 0.671. The van der Waals surface area contributed by atoms with Gasteiger partial charge < -0.3 is 10.6 Å². The van der Waals surface area contributed by atoms with Crippen molar-refractivity contribution < 1.29 is 4.79 Å². The first-order valence-electron chi connectivity index (χ1n) is 8.15. The van der Waals surface area contributed by atoms with Gasteiger partial charge in [0.15, 0.2) is 0 Å². The van der Waals surface area contributed by atoms with Crippen molar-refractivity contribution in [3.63, 3.8) is 0 Å². The quantitative estimate of drug-likeness (QED) is 0.882. The fourth-order valence-electron chi connectivity index (χ4n) is 3.06. The Morgan fingerprint density at radius 3 is 2.79 bits per heavy atom. The second kappa shape index (κ2) is 6.43. The van der Waals surface area contributed by atoms with E-state index in [-0.39, 0.29) is 17.9 Å². The zero-order valence-corrected chi connectivity index (χ0v) is 14.2. The number of carbonyl (C=O) groups is 1. The van der Waals surface area contributed by atoms with Crippen molar-refractivity contribution in [2.45, 2.75) is 26.8 Å². The molecule has 1 aliphatic heterocycles. The number of hydrogen-bond donors (Lipinski definition) is 1. The van der Waals surface area contributed by atoms with Crippen LogP contribution in [0.2, 0.25) is 0 Å². The minimum Gasteiger partial charge on any atom is -0.368 e. The van der Waals surface area contributed by atoms with Gasteiger partial charge in [0.1, 0.15) is 0 Å². The second-order valence-corrected chi connectivity index (χ2v) is 6.45. The van der Waals surface area contributed by atoms with Gasteiger partial charge in [-0.25, -0.2) is 9.97 Å². The Balaban J connectivity index is 1.92. The number of nitrogen functional groups attached to an aromatic ring is 1. The van der Waals surface area contributed by atoms with E-state index in [4.69, 9.17) is 5.73 Å². The Kier molecular flexibility index (Phi) is 4.34. The van der Waals surface area contributed by atoms with Gasteiger partial charge >= 0.3 is 0 Å². The number of amides is 1. The fourth-order valence-corrected chi connectivity index (χ4v) is 3.06. The van der Waals surface area contributed by atoms with E-state index in [1.165, 1.54) is 0 Å². The van der Waals surface area contributed by atoms with Gasteiger partial charge in [-0.2, -0.15) is 0 Å². The molecule has 1 aliphatic rings. The van der Waals surface area contributed by atoms with Gasteiger partial charge in [0.05, 0.1) is 11.7 Å². The summed E-state index contributed by atoms with van der Waals surface area (Å²) in [5.41, 5.74) is 8.81. The van der Waals surface area contributed by atoms with Crippen molar-refractivity contribution in [2.75, 3.05) is 12.3 Å². The highest BCUT2D eigenvalue weighted by Crippen LogP contribution is 2.24. The topological polar surface area (TPSA) is 72.1 Å². The standard InChI is InChI=1S/C19H22N4O/c1-12(2)17-8-5-9-23(17)18(24)15-7-4-6-14(11-15)16-10-13(3)21-19(20)22-16/h4-8,10-12,17H,9H2,1-3H3,(H2,20,21,22)/t17-/m0/s1. The third kappa shape index (κ3) is 3.15. The molecule has 1 aromatic carbocycles. The van der Waals surface area contributed by atoms with E-state index in [2.05, 4.69) is 36.0 Å². The van der Waals surface area contributed by atoms with Crippen molar-refractivity contribution in [3.05, 3.63) is 53.7 Å². The Bertz CT molecular complexity index is 777. The zero-order chi connectivity index (χ0) is 17.3. The van der Waals surface area contributed by atoms with Crippen LogP contribution < -0.4 is 5.73 Å². The second-order valence-electron chi connectivity index (χ2n) is 6.45. The molecule has 2 aromatic rings. The maximum absolute atomic E-state index is 12.9. The summed E-state index contributed by atoms with van der Waals surface area (Å²) in [6.45, 7) is 6.79. The van der Waals surface area contributed by atoms with E-state index in [0.717, 1.165) is 17.0 Å². The molecule has 1 aromatic heterocycles. The van der Waals surface area contributed by atoms with Gasteiger partial charge in [-0.15, -0.1) is 0 Å². The van der Waals surface area contributed by atoms with Gasteiger partial charge in [-0.1, -0.05) is 38.1 Å². The maximum atomic E-state index is 12.9. The molecule has 0 aliphatic carbocycles.